The van der Waals surface area contributed by atoms with E-state index in [1.54, 1.807) is 6.92 Å². The first-order chi connectivity index (χ1) is 19.0. The van der Waals surface area contributed by atoms with Gasteiger partial charge in [0.05, 0.1) is 6.04 Å². The zero-order valence-electron chi connectivity index (χ0n) is 22.9. The molecular weight excluding hydrogens is 506 g/mol. The number of H-pyrrole nitrogens is 1. The highest BCUT2D eigenvalue weighted by Crippen LogP contribution is 2.30. The molecule has 1 aromatic rings. The number of hydrogen-bond donors (Lipinski definition) is 4. The average molecular weight is 550 g/mol. The fourth-order valence-electron chi connectivity index (χ4n) is 4.77. The van der Waals surface area contributed by atoms with Gasteiger partial charge in [-0.05, 0) is 70.9 Å². The van der Waals surface area contributed by atoms with Gasteiger partial charge in [-0.3, -0.25) is 19.1 Å². The Bertz CT molecular complexity index is 1040. The first-order valence-electron chi connectivity index (χ1n) is 14.0. The Balaban J connectivity index is 1.40. The van der Waals surface area contributed by atoms with E-state index in [0.717, 1.165) is 78.2 Å². The summed E-state index contributed by atoms with van der Waals surface area (Å²) in [5.41, 5.74) is 8.22. The minimum absolute atomic E-state index is 0.0730. The number of nitrogens with one attached hydrogen (secondary N) is 4. The predicted molar refractivity (Wildman–Crippen MR) is 147 cm³/mol. The molecule has 2 fully saturated rings. The molecule has 0 spiro atoms. The van der Waals surface area contributed by atoms with Gasteiger partial charge in [0, 0.05) is 55.7 Å². The standard InChI is InChI=1S/C25H43N9O5/c1-19-17-34(25(37)30-24(19)36)22-16-20(31-32-26)21(39-22)18-38-23(35)6-2-3-13-33-14-5-9-28-11-10-27-7-4-8-29-12-15-33/h17,20-22,27-29H,2-16,18H2,1H3,(H,30,36,37)/t20-,21+,22+/m0/s1. The minimum Gasteiger partial charge on any atom is -0.463 e. The summed E-state index contributed by atoms with van der Waals surface area (Å²) in [4.78, 5) is 43.9. The number of esters is 1. The van der Waals surface area contributed by atoms with Crippen LogP contribution in [0.4, 0.5) is 0 Å². The van der Waals surface area contributed by atoms with E-state index in [2.05, 4.69) is 35.9 Å². The number of azide groups is 1. The van der Waals surface area contributed by atoms with E-state index in [9.17, 15) is 14.4 Å². The number of aryl methyl sites for hydroxylation is 1. The number of carbonyl (C=O) groups excluding carboxylic acids is 1. The number of hydrogen-bond acceptors (Lipinski definition) is 10. The molecule has 218 valence electrons. The number of rotatable bonds is 9. The van der Waals surface area contributed by atoms with Crippen molar-refractivity contribution < 1.29 is 14.3 Å². The zero-order chi connectivity index (χ0) is 27.9. The van der Waals surface area contributed by atoms with Crippen LogP contribution in [-0.2, 0) is 14.3 Å². The summed E-state index contributed by atoms with van der Waals surface area (Å²) < 4.78 is 12.6. The molecule has 3 atom stereocenters. The lowest BCUT2D eigenvalue weighted by atomic mass is 10.1. The van der Waals surface area contributed by atoms with Crippen molar-refractivity contribution in [2.45, 2.75) is 63.8 Å². The largest absolute Gasteiger partial charge is 0.463 e. The average Bonchev–Trinajstić information content (AvgIpc) is 3.31. The van der Waals surface area contributed by atoms with Crippen LogP contribution in [0.1, 0.15) is 50.3 Å². The molecule has 4 N–H and O–H groups in total. The molecule has 0 saturated carbocycles. The lowest BCUT2D eigenvalue weighted by Gasteiger charge is -2.23. The second-order valence-electron chi connectivity index (χ2n) is 10.1. The number of aromatic amines is 1. The summed E-state index contributed by atoms with van der Waals surface area (Å²) in [5.74, 6) is -0.334. The van der Waals surface area contributed by atoms with Crippen molar-refractivity contribution >= 4 is 5.97 Å². The van der Waals surface area contributed by atoms with Gasteiger partial charge in [0.15, 0.2) is 0 Å². The molecule has 0 amide bonds. The summed E-state index contributed by atoms with van der Waals surface area (Å²) in [6.45, 7) is 10.4. The van der Waals surface area contributed by atoms with Crippen molar-refractivity contribution in [2.24, 2.45) is 5.11 Å². The highest BCUT2D eigenvalue weighted by molar-refractivity contribution is 5.69. The summed E-state index contributed by atoms with van der Waals surface area (Å²) in [5, 5.41) is 14.2. The molecule has 0 bridgehead atoms. The number of unbranched alkanes of at least 4 members (excludes halogenated alkanes) is 1. The third-order valence-electron chi connectivity index (χ3n) is 6.99. The van der Waals surface area contributed by atoms with Crippen molar-refractivity contribution in [1.82, 2.24) is 30.4 Å². The van der Waals surface area contributed by atoms with Crippen molar-refractivity contribution in [3.63, 3.8) is 0 Å². The van der Waals surface area contributed by atoms with Gasteiger partial charge in [-0.1, -0.05) is 5.11 Å². The van der Waals surface area contributed by atoms with E-state index in [-0.39, 0.29) is 19.0 Å². The molecule has 0 aromatic carbocycles. The molecule has 0 unspecified atom stereocenters. The van der Waals surface area contributed by atoms with E-state index < -0.39 is 29.6 Å². The number of carbonyl (C=O) groups is 1. The van der Waals surface area contributed by atoms with Gasteiger partial charge in [-0.25, -0.2) is 4.79 Å². The summed E-state index contributed by atoms with van der Waals surface area (Å²) in [6.07, 6.45) is 4.33. The topological polar surface area (TPSA) is 178 Å². The number of aromatic nitrogens is 2. The zero-order valence-corrected chi connectivity index (χ0v) is 22.9. The van der Waals surface area contributed by atoms with Crippen LogP contribution in [-0.4, -0.2) is 98.1 Å². The van der Waals surface area contributed by atoms with Crippen LogP contribution in [0.25, 0.3) is 10.4 Å². The first kappa shape index (κ1) is 30.8. The molecule has 0 radical (unpaired) electrons. The molecule has 39 heavy (non-hydrogen) atoms. The van der Waals surface area contributed by atoms with Crippen LogP contribution in [0.5, 0.6) is 0 Å². The normalized spacial score (nSPS) is 24.0. The van der Waals surface area contributed by atoms with Gasteiger partial charge < -0.3 is 30.3 Å². The molecule has 3 rings (SSSR count). The maximum Gasteiger partial charge on any atom is 0.330 e. The quantitative estimate of drug-likeness (QED) is 0.111. The van der Waals surface area contributed by atoms with E-state index in [0.29, 0.717) is 18.4 Å². The lowest BCUT2D eigenvalue weighted by Crippen LogP contribution is -2.37. The van der Waals surface area contributed by atoms with Crippen LogP contribution in [0.15, 0.2) is 20.9 Å². The van der Waals surface area contributed by atoms with Gasteiger partial charge in [0.2, 0.25) is 0 Å². The molecule has 2 aliphatic heterocycles. The summed E-state index contributed by atoms with van der Waals surface area (Å²) >= 11 is 0. The second-order valence-corrected chi connectivity index (χ2v) is 10.1. The highest BCUT2D eigenvalue weighted by Gasteiger charge is 2.37. The van der Waals surface area contributed by atoms with E-state index in [1.807, 2.05) is 0 Å². The van der Waals surface area contributed by atoms with Crippen molar-refractivity contribution in [3.05, 3.63) is 43.0 Å². The first-order valence-corrected chi connectivity index (χ1v) is 14.0. The maximum absolute atomic E-state index is 12.4. The maximum atomic E-state index is 12.4. The molecule has 0 aliphatic carbocycles. The lowest BCUT2D eigenvalue weighted by molar-refractivity contribution is -0.148. The monoisotopic (exact) mass is 549 g/mol. The van der Waals surface area contributed by atoms with Crippen molar-refractivity contribution in [1.29, 1.82) is 0 Å². The molecule has 3 heterocycles. The molecule has 1 aromatic heterocycles. The molecule has 14 heteroatoms. The van der Waals surface area contributed by atoms with E-state index >= 15 is 0 Å². The number of ether oxygens (including phenoxy) is 2. The van der Waals surface area contributed by atoms with E-state index in [1.165, 1.54) is 10.8 Å². The Kier molecular flexibility index (Phi) is 13.5. The fraction of sp³-hybridized carbons (Fsp3) is 0.800. The van der Waals surface area contributed by atoms with Crippen LogP contribution in [0, 0.1) is 6.92 Å². The Labute approximate surface area is 228 Å². The molecule has 14 nitrogen and oxygen atoms in total. The Morgan fingerprint density at radius 1 is 1.10 bits per heavy atom. The Morgan fingerprint density at radius 2 is 1.85 bits per heavy atom. The highest BCUT2D eigenvalue weighted by atomic mass is 16.6. The van der Waals surface area contributed by atoms with Gasteiger partial charge >= 0.3 is 11.7 Å². The van der Waals surface area contributed by atoms with Gasteiger partial charge in [-0.2, -0.15) is 0 Å². The molecule has 2 aliphatic rings. The molecular formula is C25H43N9O5. The predicted octanol–water partition coefficient (Wildman–Crippen LogP) is 0.390. The number of nitrogens with zero attached hydrogens (tertiary/aromatic N) is 5. The van der Waals surface area contributed by atoms with E-state index in [4.69, 9.17) is 15.0 Å². The summed E-state index contributed by atoms with van der Waals surface area (Å²) in [7, 11) is 0. The van der Waals surface area contributed by atoms with Crippen LogP contribution >= 0.6 is 0 Å². The fourth-order valence-corrected chi connectivity index (χ4v) is 4.77. The smallest absolute Gasteiger partial charge is 0.330 e. The van der Waals surface area contributed by atoms with Crippen LogP contribution in [0.2, 0.25) is 0 Å². The van der Waals surface area contributed by atoms with Gasteiger partial charge in [0.25, 0.3) is 5.56 Å². The SMILES string of the molecule is Cc1cn([C@H]2C[C@H](N=[N+]=[N-])[C@@H](COC(=O)CCCCN3CCCNCCNCCCNCC3)O2)c(=O)[nH]c1=O. The second kappa shape index (κ2) is 17.1. The minimum atomic E-state index is -0.734. The third-order valence-corrected chi connectivity index (χ3v) is 6.99. The Morgan fingerprint density at radius 3 is 2.62 bits per heavy atom. The van der Waals surface area contributed by atoms with Crippen molar-refractivity contribution in [2.75, 3.05) is 65.5 Å². The Hall–Kier alpha value is -2.74. The third kappa shape index (κ3) is 10.7. The van der Waals surface area contributed by atoms with Crippen molar-refractivity contribution in [3.8, 4) is 0 Å². The summed E-state index contributed by atoms with van der Waals surface area (Å²) in [6, 6.07) is -0.603. The molecule has 2 saturated heterocycles. The van der Waals surface area contributed by atoms with Gasteiger partial charge in [-0.15, -0.1) is 0 Å². The van der Waals surface area contributed by atoms with Crippen LogP contribution < -0.4 is 27.2 Å². The van der Waals surface area contributed by atoms with Crippen LogP contribution in [0.3, 0.4) is 0 Å². The van der Waals surface area contributed by atoms with Gasteiger partial charge in [0.1, 0.15) is 18.9 Å².